The number of carboxylic acids is 1. The highest BCUT2D eigenvalue weighted by Crippen LogP contribution is 2.28. The summed E-state index contributed by atoms with van der Waals surface area (Å²) in [6, 6.07) is 5.11. The molecular weight excluding hydrogens is 228 g/mol. The fourth-order valence-electron chi connectivity index (χ4n) is 1.50. The van der Waals surface area contributed by atoms with E-state index in [0.717, 1.165) is 5.56 Å². The van der Waals surface area contributed by atoms with E-state index < -0.39 is 11.6 Å². The number of benzene rings is 1. The number of hydrogen-bond donors (Lipinski definition) is 1. The van der Waals surface area contributed by atoms with Crippen molar-refractivity contribution >= 4 is 17.6 Å². The second kappa shape index (κ2) is 4.85. The maximum absolute atomic E-state index is 11.2. The minimum Gasteiger partial charge on any atom is -0.479 e. The summed E-state index contributed by atoms with van der Waals surface area (Å²) in [5.41, 5.74) is 0.125. The molecule has 0 bridgehead atoms. The van der Waals surface area contributed by atoms with E-state index in [9.17, 15) is 9.90 Å². The smallest absolute Gasteiger partial charge is 0.340 e. The van der Waals surface area contributed by atoms with E-state index in [1.54, 1.807) is 32.0 Å². The first kappa shape index (κ1) is 13.0. The summed E-state index contributed by atoms with van der Waals surface area (Å²) in [6.45, 7) is 5.48. The first-order valence-corrected chi connectivity index (χ1v) is 5.43. The average molecular weight is 243 g/mol. The van der Waals surface area contributed by atoms with Crippen LogP contribution < -0.4 is 0 Å². The van der Waals surface area contributed by atoms with Gasteiger partial charge in [0.25, 0.3) is 0 Å². The zero-order valence-electron chi connectivity index (χ0n) is 9.58. The first-order valence-electron chi connectivity index (χ1n) is 5.05. The van der Waals surface area contributed by atoms with Gasteiger partial charge in [-0.3, -0.25) is 0 Å². The maximum atomic E-state index is 11.2. The number of hydrogen-bond acceptors (Lipinski definition) is 2. The van der Waals surface area contributed by atoms with Crippen molar-refractivity contribution in [3.8, 4) is 0 Å². The fraction of sp³-hybridized carbons (Fsp3) is 0.417. The highest BCUT2D eigenvalue weighted by atomic mass is 35.5. The molecule has 88 valence electrons. The molecule has 0 fully saturated rings. The lowest BCUT2D eigenvalue weighted by atomic mass is 9.94. The third-order valence-corrected chi connectivity index (χ3v) is 2.97. The van der Waals surface area contributed by atoms with Gasteiger partial charge in [-0.15, -0.1) is 0 Å². The van der Waals surface area contributed by atoms with Crippen LogP contribution in [0.25, 0.3) is 0 Å². The van der Waals surface area contributed by atoms with Gasteiger partial charge in [-0.1, -0.05) is 23.7 Å². The number of carbonyl (C=O) groups is 1. The predicted octanol–water partition coefficient (Wildman–Crippen LogP) is 2.98. The van der Waals surface area contributed by atoms with Crippen LogP contribution in [0.15, 0.2) is 18.2 Å². The molecule has 1 atom stereocenters. The van der Waals surface area contributed by atoms with Crippen molar-refractivity contribution in [1.29, 1.82) is 0 Å². The summed E-state index contributed by atoms with van der Waals surface area (Å²) in [5, 5.41) is 9.84. The maximum Gasteiger partial charge on any atom is 0.340 e. The van der Waals surface area contributed by atoms with Crippen molar-refractivity contribution in [3.63, 3.8) is 0 Å². The molecule has 0 amide bonds. The molecule has 1 N–H and O–H groups in total. The molecule has 0 spiro atoms. The standard InChI is InChI=1S/C12H15ClO3/c1-4-16-12(3,11(14)15)9-5-6-10(13)8(2)7-9/h5-7H,4H2,1-3H3,(H,14,15). The molecule has 1 aromatic carbocycles. The Labute approximate surface area is 100.0 Å². The summed E-state index contributed by atoms with van der Waals surface area (Å²) >= 11 is 5.90. The Morgan fingerprint density at radius 3 is 2.62 bits per heavy atom. The minimum atomic E-state index is -1.32. The summed E-state index contributed by atoms with van der Waals surface area (Å²) in [5.74, 6) is -1.00. The van der Waals surface area contributed by atoms with E-state index in [2.05, 4.69) is 0 Å². The van der Waals surface area contributed by atoms with Crippen LogP contribution in [0, 0.1) is 6.92 Å². The van der Waals surface area contributed by atoms with Crippen LogP contribution >= 0.6 is 11.6 Å². The number of halogens is 1. The monoisotopic (exact) mass is 242 g/mol. The molecule has 1 rings (SSSR count). The van der Waals surface area contributed by atoms with Crippen LogP contribution in [-0.4, -0.2) is 17.7 Å². The van der Waals surface area contributed by atoms with E-state index in [4.69, 9.17) is 16.3 Å². The summed E-state index contributed by atoms with van der Waals surface area (Å²) in [6.07, 6.45) is 0. The van der Waals surface area contributed by atoms with E-state index in [1.165, 1.54) is 0 Å². The molecule has 0 aliphatic rings. The van der Waals surface area contributed by atoms with E-state index in [-0.39, 0.29) is 0 Å². The lowest BCUT2D eigenvalue weighted by Gasteiger charge is -2.25. The van der Waals surface area contributed by atoms with Gasteiger partial charge in [-0.05, 0) is 38.0 Å². The highest BCUT2D eigenvalue weighted by Gasteiger charge is 2.36. The molecule has 1 unspecified atom stereocenters. The largest absolute Gasteiger partial charge is 0.479 e. The molecule has 0 saturated carbocycles. The first-order chi connectivity index (χ1) is 7.41. The molecule has 3 nitrogen and oxygen atoms in total. The molecule has 0 radical (unpaired) electrons. The van der Waals surface area contributed by atoms with Crippen LogP contribution in [0.5, 0.6) is 0 Å². The topological polar surface area (TPSA) is 46.5 Å². The lowest BCUT2D eigenvalue weighted by Crippen LogP contribution is -2.35. The lowest BCUT2D eigenvalue weighted by molar-refractivity contribution is -0.164. The third-order valence-electron chi connectivity index (χ3n) is 2.55. The van der Waals surface area contributed by atoms with Crippen molar-refractivity contribution in [2.75, 3.05) is 6.61 Å². The quantitative estimate of drug-likeness (QED) is 0.883. The summed E-state index contributed by atoms with van der Waals surface area (Å²) in [4.78, 5) is 11.2. The number of ether oxygens (including phenoxy) is 1. The zero-order chi connectivity index (χ0) is 12.3. The molecular formula is C12H15ClO3. The average Bonchev–Trinajstić information content (AvgIpc) is 2.22. The van der Waals surface area contributed by atoms with Gasteiger partial charge in [0.05, 0.1) is 0 Å². The zero-order valence-corrected chi connectivity index (χ0v) is 10.3. The van der Waals surface area contributed by atoms with Crippen molar-refractivity contribution in [2.45, 2.75) is 26.4 Å². The van der Waals surface area contributed by atoms with E-state index in [0.29, 0.717) is 17.2 Å². The van der Waals surface area contributed by atoms with E-state index in [1.807, 2.05) is 6.92 Å². The Hall–Kier alpha value is -1.06. The normalized spacial score (nSPS) is 14.5. The third kappa shape index (κ3) is 2.36. The van der Waals surface area contributed by atoms with Gasteiger partial charge in [0.1, 0.15) is 0 Å². The van der Waals surface area contributed by atoms with Crippen molar-refractivity contribution in [3.05, 3.63) is 34.3 Å². The van der Waals surface area contributed by atoms with Gasteiger partial charge in [0, 0.05) is 11.6 Å². The molecule has 0 heterocycles. The molecule has 0 aliphatic carbocycles. The van der Waals surface area contributed by atoms with Crippen LogP contribution in [0.2, 0.25) is 5.02 Å². The number of rotatable bonds is 4. The Bertz CT molecular complexity index is 403. The second-order valence-electron chi connectivity index (χ2n) is 3.74. The second-order valence-corrected chi connectivity index (χ2v) is 4.14. The van der Waals surface area contributed by atoms with Gasteiger partial charge >= 0.3 is 5.97 Å². The van der Waals surface area contributed by atoms with Gasteiger partial charge in [0.2, 0.25) is 0 Å². The highest BCUT2D eigenvalue weighted by molar-refractivity contribution is 6.31. The summed E-state index contributed by atoms with van der Waals surface area (Å²) < 4.78 is 5.33. The van der Waals surface area contributed by atoms with Crippen LogP contribution in [0.4, 0.5) is 0 Å². The van der Waals surface area contributed by atoms with Crippen LogP contribution in [-0.2, 0) is 15.1 Å². The fourth-order valence-corrected chi connectivity index (χ4v) is 1.62. The van der Waals surface area contributed by atoms with Crippen molar-refractivity contribution in [2.24, 2.45) is 0 Å². The number of carboxylic acid groups (broad SMARTS) is 1. The van der Waals surface area contributed by atoms with Gasteiger partial charge in [-0.25, -0.2) is 4.79 Å². The molecule has 4 heteroatoms. The Balaban J connectivity index is 3.21. The molecule has 16 heavy (non-hydrogen) atoms. The minimum absolute atomic E-state index is 0.338. The van der Waals surface area contributed by atoms with E-state index >= 15 is 0 Å². The molecule has 0 saturated heterocycles. The predicted molar refractivity (Wildman–Crippen MR) is 62.8 cm³/mol. The Morgan fingerprint density at radius 1 is 1.56 bits per heavy atom. The summed E-state index contributed by atoms with van der Waals surface area (Å²) in [7, 11) is 0. The van der Waals surface area contributed by atoms with Crippen LogP contribution in [0.3, 0.4) is 0 Å². The number of aliphatic carboxylic acids is 1. The Morgan fingerprint density at radius 2 is 2.19 bits per heavy atom. The number of aryl methyl sites for hydroxylation is 1. The molecule has 1 aromatic rings. The van der Waals surface area contributed by atoms with Crippen molar-refractivity contribution < 1.29 is 14.6 Å². The van der Waals surface area contributed by atoms with Crippen LogP contribution in [0.1, 0.15) is 25.0 Å². The molecule has 0 aliphatic heterocycles. The SMILES string of the molecule is CCOC(C)(C(=O)O)c1ccc(Cl)c(C)c1. The van der Waals surface area contributed by atoms with Crippen molar-refractivity contribution in [1.82, 2.24) is 0 Å². The molecule has 0 aromatic heterocycles. The van der Waals surface area contributed by atoms with Gasteiger partial charge in [0.15, 0.2) is 5.60 Å². The Kier molecular flexibility index (Phi) is 3.94. The van der Waals surface area contributed by atoms with Gasteiger partial charge in [-0.2, -0.15) is 0 Å². The van der Waals surface area contributed by atoms with Gasteiger partial charge < -0.3 is 9.84 Å².